The quantitative estimate of drug-likeness (QED) is 0.882. The Morgan fingerprint density at radius 2 is 2.22 bits per heavy atom. The maximum atomic E-state index is 10.5. The molecule has 3 atom stereocenters. The van der Waals surface area contributed by atoms with Gasteiger partial charge in [0.25, 0.3) is 0 Å². The van der Waals surface area contributed by atoms with Crippen molar-refractivity contribution >= 4 is 10.8 Å². The van der Waals surface area contributed by atoms with E-state index in [0.717, 1.165) is 29.2 Å². The normalized spacial score (nSPS) is 25.4. The average molecular weight is 243 g/mol. The third kappa shape index (κ3) is 2.00. The predicted octanol–water partition coefficient (Wildman–Crippen LogP) is 2.84. The van der Waals surface area contributed by atoms with E-state index in [2.05, 4.69) is 11.9 Å². The highest BCUT2D eigenvalue weighted by atomic mass is 16.5. The second-order valence-corrected chi connectivity index (χ2v) is 4.95. The summed E-state index contributed by atoms with van der Waals surface area (Å²) in [5.41, 5.74) is 0.916. The van der Waals surface area contributed by atoms with Gasteiger partial charge in [-0.3, -0.25) is 4.98 Å². The van der Waals surface area contributed by atoms with E-state index >= 15 is 0 Å². The van der Waals surface area contributed by atoms with Gasteiger partial charge in [-0.1, -0.05) is 18.2 Å². The first-order valence-electron chi connectivity index (χ1n) is 6.42. The number of aliphatic hydroxyl groups excluding tert-OH is 1. The molecule has 1 aliphatic rings. The zero-order valence-electron chi connectivity index (χ0n) is 10.4. The Balaban J connectivity index is 1.98. The Labute approximate surface area is 106 Å². The number of ether oxygens (including phenoxy) is 1. The Hall–Kier alpha value is -1.45. The summed E-state index contributed by atoms with van der Waals surface area (Å²) in [6.45, 7) is 2.05. The Morgan fingerprint density at radius 3 is 3.00 bits per heavy atom. The molecule has 0 spiro atoms. The third-order valence-electron chi connectivity index (χ3n) is 3.65. The standard InChI is InChI=1S/C15H17NO2/c1-10-5-6-14(18-10)15(17)12-4-2-3-11-7-8-16-9-13(11)12/h2-4,7-10,14-15,17H,5-6H2,1H3. The molecule has 1 aromatic heterocycles. The molecule has 0 amide bonds. The third-order valence-corrected chi connectivity index (χ3v) is 3.65. The minimum atomic E-state index is -0.567. The smallest absolute Gasteiger partial charge is 0.106 e. The molecule has 3 unspecified atom stereocenters. The van der Waals surface area contributed by atoms with Crippen LogP contribution >= 0.6 is 0 Å². The van der Waals surface area contributed by atoms with Crippen LogP contribution in [0.25, 0.3) is 10.8 Å². The fourth-order valence-corrected chi connectivity index (χ4v) is 2.66. The number of fused-ring (bicyclic) bond motifs is 1. The van der Waals surface area contributed by atoms with Crippen molar-refractivity contribution < 1.29 is 9.84 Å². The average Bonchev–Trinajstić information content (AvgIpc) is 2.84. The SMILES string of the molecule is CC1CCC(C(O)c2cccc3ccncc23)O1. The molecule has 0 saturated carbocycles. The second kappa shape index (κ2) is 4.67. The van der Waals surface area contributed by atoms with Crippen LogP contribution in [0.5, 0.6) is 0 Å². The lowest BCUT2D eigenvalue weighted by atomic mass is 9.97. The van der Waals surface area contributed by atoms with Crippen LogP contribution in [0.2, 0.25) is 0 Å². The van der Waals surface area contributed by atoms with Gasteiger partial charge < -0.3 is 9.84 Å². The van der Waals surface area contributed by atoms with Gasteiger partial charge in [0.15, 0.2) is 0 Å². The van der Waals surface area contributed by atoms with Crippen LogP contribution in [0.1, 0.15) is 31.4 Å². The summed E-state index contributed by atoms with van der Waals surface area (Å²) in [5, 5.41) is 12.6. The van der Waals surface area contributed by atoms with Gasteiger partial charge in [-0.15, -0.1) is 0 Å². The van der Waals surface area contributed by atoms with Crippen molar-refractivity contribution in [2.24, 2.45) is 0 Å². The summed E-state index contributed by atoms with van der Waals surface area (Å²) in [7, 11) is 0. The number of rotatable bonds is 2. The molecule has 1 aromatic carbocycles. The van der Waals surface area contributed by atoms with Gasteiger partial charge >= 0.3 is 0 Å². The van der Waals surface area contributed by atoms with Crippen molar-refractivity contribution in [1.29, 1.82) is 0 Å². The summed E-state index contributed by atoms with van der Waals surface area (Å²) in [6, 6.07) is 7.93. The Morgan fingerprint density at radius 1 is 1.33 bits per heavy atom. The Kier molecular flexibility index (Phi) is 3.02. The maximum Gasteiger partial charge on any atom is 0.106 e. The zero-order chi connectivity index (χ0) is 12.5. The molecule has 1 N–H and O–H groups in total. The van der Waals surface area contributed by atoms with Gasteiger partial charge in [0.05, 0.1) is 12.2 Å². The molecule has 3 heteroatoms. The summed E-state index contributed by atoms with van der Waals surface area (Å²) in [5.74, 6) is 0. The van der Waals surface area contributed by atoms with Crippen LogP contribution in [0.4, 0.5) is 0 Å². The first-order valence-corrected chi connectivity index (χ1v) is 6.42. The molecule has 94 valence electrons. The van der Waals surface area contributed by atoms with Crippen molar-refractivity contribution in [1.82, 2.24) is 4.98 Å². The lowest BCUT2D eigenvalue weighted by Gasteiger charge is -2.20. The molecular formula is C15H17NO2. The fraction of sp³-hybridized carbons (Fsp3) is 0.400. The molecule has 1 saturated heterocycles. The summed E-state index contributed by atoms with van der Waals surface area (Å²) >= 11 is 0. The van der Waals surface area contributed by atoms with E-state index in [-0.39, 0.29) is 12.2 Å². The van der Waals surface area contributed by atoms with Gasteiger partial charge in [-0.2, -0.15) is 0 Å². The summed E-state index contributed by atoms with van der Waals surface area (Å²) in [4.78, 5) is 4.15. The zero-order valence-corrected chi connectivity index (χ0v) is 10.4. The number of hydrogen-bond donors (Lipinski definition) is 1. The monoisotopic (exact) mass is 243 g/mol. The van der Waals surface area contributed by atoms with Crippen molar-refractivity contribution in [3.8, 4) is 0 Å². The molecule has 1 aliphatic heterocycles. The van der Waals surface area contributed by atoms with Crippen LogP contribution in [0.15, 0.2) is 36.7 Å². The maximum absolute atomic E-state index is 10.5. The number of nitrogens with zero attached hydrogens (tertiary/aromatic N) is 1. The van der Waals surface area contributed by atoms with Crippen molar-refractivity contribution in [3.05, 3.63) is 42.2 Å². The van der Waals surface area contributed by atoms with E-state index in [0.29, 0.717) is 0 Å². The first-order chi connectivity index (χ1) is 8.75. The van der Waals surface area contributed by atoms with Crippen molar-refractivity contribution in [3.63, 3.8) is 0 Å². The van der Waals surface area contributed by atoms with Crippen LogP contribution in [-0.4, -0.2) is 22.3 Å². The largest absolute Gasteiger partial charge is 0.386 e. The lowest BCUT2D eigenvalue weighted by molar-refractivity contribution is -0.0291. The second-order valence-electron chi connectivity index (χ2n) is 4.95. The minimum absolute atomic E-state index is 0.0918. The van der Waals surface area contributed by atoms with Gasteiger partial charge in [-0.25, -0.2) is 0 Å². The minimum Gasteiger partial charge on any atom is -0.386 e. The van der Waals surface area contributed by atoms with Crippen LogP contribution in [0.3, 0.4) is 0 Å². The summed E-state index contributed by atoms with van der Waals surface area (Å²) in [6.07, 6.45) is 5.11. The number of pyridine rings is 1. The number of benzene rings is 1. The van der Waals surface area contributed by atoms with Gasteiger partial charge in [-0.05, 0) is 36.8 Å². The molecule has 0 aliphatic carbocycles. The Bertz CT molecular complexity index is 550. The first kappa shape index (κ1) is 11.6. The topological polar surface area (TPSA) is 42.4 Å². The molecular weight excluding hydrogens is 226 g/mol. The predicted molar refractivity (Wildman–Crippen MR) is 70.3 cm³/mol. The molecule has 2 heterocycles. The van der Waals surface area contributed by atoms with E-state index in [1.165, 1.54) is 0 Å². The van der Waals surface area contributed by atoms with Gasteiger partial charge in [0, 0.05) is 17.8 Å². The van der Waals surface area contributed by atoms with E-state index in [9.17, 15) is 5.11 Å². The molecule has 3 nitrogen and oxygen atoms in total. The number of aliphatic hydroxyl groups is 1. The number of aromatic nitrogens is 1. The van der Waals surface area contributed by atoms with Crippen LogP contribution in [0, 0.1) is 0 Å². The molecule has 3 rings (SSSR count). The highest BCUT2D eigenvalue weighted by Crippen LogP contribution is 2.33. The van der Waals surface area contributed by atoms with E-state index < -0.39 is 6.10 Å². The molecule has 0 bridgehead atoms. The fourth-order valence-electron chi connectivity index (χ4n) is 2.66. The number of hydrogen-bond acceptors (Lipinski definition) is 3. The molecule has 1 fully saturated rings. The van der Waals surface area contributed by atoms with E-state index in [4.69, 9.17) is 4.74 Å². The molecule has 0 radical (unpaired) electrons. The highest BCUT2D eigenvalue weighted by molar-refractivity contribution is 5.85. The van der Waals surface area contributed by atoms with E-state index in [1.54, 1.807) is 6.20 Å². The lowest BCUT2D eigenvalue weighted by Crippen LogP contribution is -2.18. The van der Waals surface area contributed by atoms with Crippen LogP contribution < -0.4 is 0 Å². The van der Waals surface area contributed by atoms with Crippen molar-refractivity contribution in [2.75, 3.05) is 0 Å². The molecule has 18 heavy (non-hydrogen) atoms. The molecule has 2 aromatic rings. The van der Waals surface area contributed by atoms with Crippen LogP contribution in [-0.2, 0) is 4.74 Å². The van der Waals surface area contributed by atoms with Gasteiger partial charge in [0.1, 0.15) is 6.10 Å². The highest BCUT2D eigenvalue weighted by Gasteiger charge is 2.30. The van der Waals surface area contributed by atoms with Gasteiger partial charge in [0.2, 0.25) is 0 Å². The van der Waals surface area contributed by atoms with Crippen molar-refractivity contribution in [2.45, 2.75) is 38.1 Å². The summed E-state index contributed by atoms with van der Waals surface area (Å²) < 4.78 is 5.76. The van der Waals surface area contributed by atoms with E-state index in [1.807, 2.05) is 30.5 Å².